The maximum Gasteiger partial charge on any atom is 0.242 e. The van der Waals surface area contributed by atoms with Crippen LogP contribution in [0.15, 0.2) is 42.5 Å². The van der Waals surface area contributed by atoms with E-state index in [1.54, 1.807) is 26.2 Å². The number of hydrogen-bond donors (Lipinski definition) is 0. The summed E-state index contributed by atoms with van der Waals surface area (Å²) in [5.41, 5.74) is 3.03. The molecular formula is C31H38N4O5S. The van der Waals surface area contributed by atoms with Crippen molar-refractivity contribution in [1.82, 2.24) is 14.7 Å². The number of fused-ring (bicyclic) bond motifs is 1. The Hall–Kier alpha value is -3.66. The zero-order valence-electron chi connectivity index (χ0n) is 24.6. The number of thioether (sulfide) groups is 1. The van der Waals surface area contributed by atoms with Crippen molar-refractivity contribution in [2.75, 3.05) is 51.6 Å². The monoisotopic (exact) mass is 578 g/mol. The van der Waals surface area contributed by atoms with Crippen molar-refractivity contribution in [2.24, 2.45) is 0 Å². The van der Waals surface area contributed by atoms with Crippen molar-refractivity contribution in [1.29, 1.82) is 0 Å². The van der Waals surface area contributed by atoms with Gasteiger partial charge in [-0.3, -0.25) is 14.5 Å². The zero-order valence-corrected chi connectivity index (χ0v) is 25.4. The number of benzene rings is 2. The predicted octanol–water partition coefficient (Wildman–Crippen LogP) is 4.99. The van der Waals surface area contributed by atoms with Crippen LogP contribution in [0.5, 0.6) is 17.2 Å². The number of nitrogens with zero attached hydrogens (tertiary/aromatic N) is 4. The van der Waals surface area contributed by atoms with Gasteiger partial charge in [-0.15, -0.1) is 11.8 Å². The molecule has 1 unspecified atom stereocenters. The minimum absolute atomic E-state index is 0.0419. The number of anilines is 1. The number of rotatable bonds is 7. The summed E-state index contributed by atoms with van der Waals surface area (Å²) in [5, 5.41) is 4.87. The maximum atomic E-state index is 13.9. The van der Waals surface area contributed by atoms with E-state index in [-0.39, 0.29) is 34.8 Å². The van der Waals surface area contributed by atoms with E-state index in [2.05, 4.69) is 20.8 Å². The molecule has 0 saturated carbocycles. The normalized spacial score (nSPS) is 17.3. The number of likely N-dealkylation sites (tertiary alicyclic amines) is 1. The van der Waals surface area contributed by atoms with E-state index >= 15 is 0 Å². The van der Waals surface area contributed by atoms with E-state index in [9.17, 15) is 9.59 Å². The summed E-state index contributed by atoms with van der Waals surface area (Å²) in [5.74, 6) is 2.72. The highest BCUT2D eigenvalue weighted by Gasteiger charge is 2.41. The lowest BCUT2D eigenvalue weighted by molar-refractivity contribution is -0.130. The third-order valence-corrected chi connectivity index (χ3v) is 8.82. The van der Waals surface area contributed by atoms with E-state index in [1.807, 2.05) is 52.0 Å². The standard InChI is InChI=1S/C31H38N4O5S/c1-31(2,3)29-27-28(23-17-22(39-5)13-14-24(23)40-6)41-19-26(37)34(18-25(36)33-15-7-8-16-33)30(27)35(32-29)20-9-11-21(38-4)12-10-20/h9-14,17,28H,7-8,15-16,18-19H2,1-6H3. The summed E-state index contributed by atoms with van der Waals surface area (Å²) >= 11 is 1.52. The van der Waals surface area contributed by atoms with Gasteiger partial charge in [-0.05, 0) is 55.3 Å². The molecule has 1 saturated heterocycles. The summed E-state index contributed by atoms with van der Waals surface area (Å²) < 4.78 is 18.6. The first-order valence-electron chi connectivity index (χ1n) is 13.9. The number of aromatic nitrogens is 2. The topological polar surface area (TPSA) is 86.1 Å². The SMILES string of the molecule is COc1ccc(-n2nc(C(C)(C)C)c3c2N(CC(=O)N2CCCC2)C(=O)CSC3c2cc(OC)ccc2OC)cc1. The van der Waals surface area contributed by atoms with Gasteiger partial charge in [0, 0.05) is 29.6 Å². The van der Waals surface area contributed by atoms with Gasteiger partial charge in [-0.2, -0.15) is 5.10 Å². The fraction of sp³-hybridized carbons (Fsp3) is 0.452. The number of carbonyl (C=O) groups excluding carboxylic acids is 2. The summed E-state index contributed by atoms with van der Waals surface area (Å²) in [6.45, 7) is 7.74. The Morgan fingerprint density at radius 2 is 1.63 bits per heavy atom. The molecule has 1 atom stereocenters. The Labute approximate surface area is 245 Å². The van der Waals surface area contributed by atoms with Crippen LogP contribution in [-0.4, -0.2) is 73.2 Å². The van der Waals surface area contributed by atoms with Gasteiger partial charge in [0.05, 0.1) is 43.7 Å². The van der Waals surface area contributed by atoms with Gasteiger partial charge < -0.3 is 19.1 Å². The number of carbonyl (C=O) groups is 2. The van der Waals surface area contributed by atoms with Crippen molar-refractivity contribution >= 4 is 29.4 Å². The smallest absolute Gasteiger partial charge is 0.242 e. The van der Waals surface area contributed by atoms with Crippen LogP contribution >= 0.6 is 11.8 Å². The molecule has 218 valence electrons. The van der Waals surface area contributed by atoms with Crippen molar-refractivity contribution in [3.05, 3.63) is 59.3 Å². The first kappa shape index (κ1) is 28.9. The Morgan fingerprint density at radius 3 is 2.24 bits per heavy atom. The van der Waals surface area contributed by atoms with Crippen LogP contribution < -0.4 is 19.1 Å². The second-order valence-corrected chi connectivity index (χ2v) is 12.4. The van der Waals surface area contributed by atoms with E-state index in [0.29, 0.717) is 17.3 Å². The van der Waals surface area contributed by atoms with Crippen LogP contribution in [0.3, 0.4) is 0 Å². The summed E-state index contributed by atoms with van der Waals surface area (Å²) in [6.07, 6.45) is 1.97. The van der Waals surface area contributed by atoms with E-state index in [0.717, 1.165) is 54.2 Å². The van der Waals surface area contributed by atoms with Crippen LogP contribution in [0, 0.1) is 0 Å². The van der Waals surface area contributed by atoms with Gasteiger partial charge >= 0.3 is 0 Å². The van der Waals surface area contributed by atoms with E-state index in [4.69, 9.17) is 19.3 Å². The molecule has 0 bridgehead atoms. The maximum absolute atomic E-state index is 13.9. The lowest BCUT2D eigenvalue weighted by Gasteiger charge is -2.26. The lowest BCUT2D eigenvalue weighted by Crippen LogP contribution is -2.43. The third-order valence-electron chi connectivity index (χ3n) is 7.59. The molecule has 3 heterocycles. The number of amides is 2. The fourth-order valence-corrected chi connectivity index (χ4v) is 6.68. The molecule has 0 radical (unpaired) electrons. The summed E-state index contributed by atoms with van der Waals surface area (Å²) in [7, 11) is 4.90. The number of methoxy groups -OCH3 is 3. The molecule has 1 aromatic heterocycles. The Kier molecular flexibility index (Phi) is 8.22. The predicted molar refractivity (Wildman–Crippen MR) is 161 cm³/mol. The number of ether oxygens (including phenoxy) is 3. The molecule has 10 heteroatoms. The lowest BCUT2D eigenvalue weighted by atomic mass is 9.87. The molecule has 1 fully saturated rings. The largest absolute Gasteiger partial charge is 0.497 e. The van der Waals surface area contributed by atoms with Crippen LogP contribution in [0.1, 0.15) is 55.7 Å². The molecule has 2 aliphatic heterocycles. The van der Waals surface area contributed by atoms with Crippen LogP contribution in [0.4, 0.5) is 5.82 Å². The Bertz CT molecular complexity index is 1420. The molecule has 41 heavy (non-hydrogen) atoms. The molecule has 2 aliphatic rings. The van der Waals surface area contributed by atoms with Crippen molar-refractivity contribution in [3.63, 3.8) is 0 Å². The minimum Gasteiger partial charge on any atom is -0.497 e. The second kappa shape index (κ2) is 11.7. The molecule has 5 rings (SSSR count). The molecule has 2 amide bonds. The first-order chi connectivity index (χ1) is 19.7. The molecule has 3 aromatic rings. The third kappa shape index (κ3) is 5.62. The van der Waals surface area contributed by atoms with E-state index in [1.165, 1.54) is 11.8 Å². The quantitative estimate of drug-likeness (QED) is 0.391. The Balaban J connectivity index is 1.77. The van der Waals surface area contributed by atoms with Crippen LogP contribution in [-0.2, 0) is 15.0 Å². The van der Waals surface area contributed by atoms with Crippen molar-refractivity contribution in [2.45, 2.75) is 44.3 Å². The van der Waals surface area contributed by atoms with Gasteiger partial charge in [0.1, 0.15) is 29.6 Å². The van der Waals surface area contributed by atoms with Gasteiger partial charge in [0.2, 0.25) is 11.8 Å². The van der Waals surface area contributed by atoms with Crippen molar-refractivity contribution in [3.8, 4) is 22.9 Å². The Morgan fingerprint density at radius 1 is 0.976 bits per heavy atom. The van der Waals surface area contributed by atoms with Gasteiger partial charge in [-0.25, -0.2) is 4.68 Å². The van der Waals surface area contributed by atoms with Crippen LogP contribution in [0.25, 0.3) is 5.69 Å². The average molecular weight is 579 g/mol. The highest BCUT2D eigenvalue weighted by Crippen LogP contribution is 2.51. The molecule has 0 aliphatic carbocycles. The zero-order chi connectivity index (χ0) is 29.3. The fourth-order valence-electron chi connectivity index (χ4n) is 5.47. The highest BCUT2D eigenvalue weighted by molar-refractivity contribution is 8.00. The summed E-state index contributed by atoms with van der Waals surface area (Å²) in [4.78, 5) is 30.9. The molecular weight excluding hydrogens is 540 g/mol. The highest BCUT2D eigenvalue weighted by atomic mass is 32.2. The average Bonchev–Trinajstić information content (AvgIpc) is 3.62. The molecule has 9 nitrogen and oxygen atoms in total. The second-order valence-electron chi connectivity index (χ2n) is 11.3. The minimum atomic E-state index is -0.370. The van der Waals surface area contributed by atoms with Gasteiger partial charge in [0.15, 0.2) is 0 Å². The first-order valence-corrected chi connectivity index (χ1v) is 14.9. The molecule has 0 spiro atoms. The summed E-state index contributed by atoms with van der Waals surface area (Å²) in [6, 6.07) is 13.3. The molecule has 0 N–H and O–H groups in total. The van der Waals surface area contributed by atoms with Crippen LogP contribution in [0.2, 0.25) is 0 Å². The molecule has 2 aromatic carbocycles. The van der Waals surface area contributed by atoms with Gasteiger partial charge in [-0.1, -0.05) is 20.8 Å². The van der Waals surface area contributed by atoms with Crippen molar-refractivity contribution < 1.29 is 23.8 Å². The van der Waals surface area contributed by atoms with Gasteiger partial charge in [0.25, 0.3) is 0 Å². The van der Waals surface area contributed by atoms with E-state index < -0.39 is 0 Å². The number of hydrogen-bond acceptors (Lipinski definition) is 7.